The largest absolute Gasteiger partial charge is 0.479 e. The number of aromatic nitrogens is 4. The molecule has 0 spiro atoms. The summed E-state index contributed by atoms with van der Waals surface area (Å²) in [5.74, 6) is 1.46. The van der Waals surface area contributed by atoms with Crippen LogP contribution in [0.5, 0.6) is 11.5 Å². The lowest BCUT2D eigenvalue weighted by Gasteiger charge is -2.08. The van der Waals surface area contributed by atoms with Crippen molar-refractivity contribution in [1.82, 2.24) is 19.9 Å². The number of nitriles is 2. The Balaban J connectivity index is 2.02. The maximum absolute atomic E-state index is 8.64. The number of hydrogen-bond acceptors (Lipinski definition) is 7. The molecule has 0 amide bonds. The Kier molecular flexibility index (Phi) is 3.99. The van der Waals surface area contributed by atoms with Gasteiger partial charge in [-0.05, 0) is 12.1 Å². The van der Waals surface area contributed by atoms with Gasteiger partial charge in [-0.15, -0.1) is 0 Å². The normalized spacial score (nSPS) is 10.0. The van der Waals surface area contributed by atoms with E-state index in [4.69, 9.17) is 20.0 Å². The summed E-state index contributed by atoms with van der Waals surface area (Å²) in [5, 5.41) is 17.3. The number of imidazole rings is 1. The number of nitrogens with one attached hydrogen (secondary N) is 1. The maximum atomic E-state index is 8.64. The summed E-state index contributed by atoms with van der Waals surface area (Å²) in [5.41, 5.74) is 1.93. The van der Waals surface area contributed by atoms with Gasteiger partial charge in [0.25, 0.3) is 0 Å². The summed E-state index contributed by atoms with van der Waals surface area (Å²) in [6, 6.07) is 8.86. The summed E-state index contributed by atoms with van der Waals surface area (Å²) in [6.45, 7) is -0.181. The van der Waals surface area contributed by atoms with Crippen molar-refractivity contribution in [2.45, 2.75) is 0 Å². The van der Waals surface area contributed by atoms with Crippen LogP contribution in [0.4, 0.5) is 0 Å². The molecule has 2 aromatic heterocycles. The van der Waals surface area contributed by atoms with Crippen LogP contribution in [0.1, 0.15) is 0 Å². The Labute approximate surface area is 131 Å². The van der Waals surface area contributed by atoms with Crippen molar-refractivity contribution in [2.24, 2.45) is 0 Å². The van der Waals surface area contributed by atoms with Gasteiger partial charge in [-0.3, -0.25) is 0 Å². The van der Waals surface area contributed by atoms with Gasteiger partial charge in [0.1, 0.15) is 41.3 Å². The molecule has 0 unspecified atom stereocenters. The second kappa shape index (κ2) is 6.41. The summed E-state index contributed by atoms with van der Waals surface area (Å²) < 4.78 is 10.6. The zero-order chi connectivity index (χ0) is 16.1. The summed E-state index contributed by atoms with van der Waals surface area (Å²) in [7, 11) is 0. The first kappa shape index (κ1) is 14.3. The van der Waals surface area contributed by atoms with Gasteiger partial charge in [0.05, 0.1) is 6.20 Å². The molecule has 8 nitrogen and oxygen atoms in total. The number of H-pyrrole nitrogens is 1. The van der Waals surface area contributed by atoms with E-state index in [0.29, 0.717) is 34.1 Å². The molecule has 0 radical (unpaired) electrons. The minimum Gasteiger partial charge on any atom is -0.479 e. The van der Waals surface area contributed by atoms with Crippen LogP contribution in [0.25, 0.3) is 22.6 Å². The molecule has 0 aliphatic carbocycles. The molecule has 0 aliphatic heterocycles. The van der Waals surface area contributed by atoms with Crippen molar-refractivity contribution in [1.29, 1.82) is 10.5 Å². The Hall–Kier alpha value is -3.65. The average Bonchev–Trinajstić information content (AvgIpc) is 3.02. The van der Waals surface area contributed by atoms with Crippen LogP contribution in [-0.4, -0.2) is 33.1 Å². The topological polar surface area (TPSA) is 120 Å². The van der Waals surface area contributed by atoms with Crippen molar-refractivity contribution in [3.8, 4) is 35.0 Å². The molecule has 0 fully saturated rings. The molecule has 0 aliphatic rings. The van der Waals surface area contributed by atoms with E-state index >= 15 is 0 Å². The molecule has 1 aromatic carbocycles. The fourth-order valence-corrected chi connectivity index (χ4v) is 2.00. The number of rotatable bonds is 5. The third-order valence-electron chi connectivity index (χ3n) is 2.92. The van der Waals surface area contributed by atoms with Gasteiger partial charge in [0, 0.05) is 11.6 Å². The molecule has 1 N–H and O–H groups in total. The SMILES string of the molecule is N#CCOc1cc(OCC#N)cc(-c2nc3cncnc3[nH]2)c1. The van der Waals surface area contributed by atoms with Crippen molar-refractivity contribution < 1.29 is 9.47 Å². The van der Waals surface area contributed by atoms with E-state index in [1.165, 1.54) is 6.33 Å². The van der Waals surface area contributed by atoms with Crippen molar-refractivity contribution in [3.05, 3.63) is 30.7 Å². The van der Waals surface area contributed by atoms with Crippen LogP contribution in [0, 0.1) is 22.7 Å². The van der Waals surface area contributed by atoms with E-state index in [2.05, 4.69) is 19.9 Å². The average molecular weight is 306 g/mol. The molecule has 3 rings (SSSR count). The molecule has 3 aromatic rings. The lowest BCUT2D eigenvalue weighted by Crippen LogP contribution is -1.98. The van der Waals surface area contributed by atoms with Gasteiger partial charge in [-0.1, -0.05) is 0 Å². The van der Waals surface area contributed by atoms with Gasteiger partial charge in [0.15, 0.2) is 18.9 Å². The highest BCUT2D eigenvalue weighted by Crippen LogP contribution is 2.29. The molecule has 0 bridgehead atoms. The number of benzene rings is 1. The van der Waals surface area contributed by atoms with Crippen LogP contribution in [0.2, 0.25) is 0 Å². The minimum absolute atomic E-state index is 0.0905. The van der Waals surface area contributed by atoms with E-state index in [1.807, 2.05) is 12.1 Å². The van der Waals surface area contributed by atoms with Crippen molar-refractivity contribution in [3.63, 3.8) is 0 Å². The number of nitrogens with zero attached hydrogens (tertiary/aromatic N) is 5. The van der Waals surface area contributed by atoms with E-state index in [-0.39, 0.29) is 13.2 Å². The Bertz CT molecular complexity index is 852. The standard InChI is InChI=1S/C15H10N6O2/c16-1-3-22-11-5-10(6-12(7-11)23-4-2-17)14-20-13-8-18-9-19-15(13)21-14/h5-9H,3-4H2,(H,18,19,20,21). The quantitative estimate of drug-likeness (QED) is 0.763. The summed E-state index contributed by atoms with van der Waals surface area (Å²) >= 11 is 0. The third kappa shape index (κ3) is 3.17. The fourth-order valence-electron chi connectivity index (χ4n) is 2.00. The van der Waals surface area contributed by atoms with E-state index < -0.39 is 0 Å². The molecule has 0 saturated heterocycles. The smallest absolute Gasteiger partial charge is 0.174 e. The zero-order valence-corrected chi connectivity index (χ0v) is 11.9. The molecule has 23 heavy (non-hydrogen) atoms. The molecular formula is C15H10N6O2. The molecule has 112 valence electrons. The number of hydrogen-bond donors (Lipinski definition) is 1. The first-order valence-corrected chi connectivity index (χ1v) is 6.61. The molecule has 0 atom stereocenters. The lowest BCUT2D eigenvalue weighted by molar-refractivity contribution is 0.350. The van der Waals surface area contributed by atoms with Crippen LogP contribution < -0.4 is 9.47 Å². The highest BCUT2D eigenvalue weighted by molar-refractivity contribution is 5.75. The van der Waals surface area contributed by atoms with Crippen LogP contribution in [0.15, 0.2) is 30.7 Å². The van der Waals surface area contributed by atoms with Gasteiger partial charge in [0.2, 0.25) is 0 Å². The number of fused-ring (bicyclic) bond motifs is 1. The van der Waals surface area contributed by atoms with E-state index in [0.717, 1.165) is 0 Å². The van der Waals surface area contributed by atoms with Gasteiger partial charge < -0.3 is 14.5 Å². The van der Waals surface area contributed by atoms with Crippen LogP contribution in [-0.2, 0) is 0 Å². The summed E-state index contributed by atoms with van der Waals surface area (Å²) in [4.78, 5) is 15.5. The third-order valence-corrected chi connectivity index (χ3v) is 2.92. The predicted molar refractivity (Wildman–Crippen MR) is 79.3 cm³/mol. The summed E-state index contributed by atoms with van der Waals surface area (Å²) in [6.07, 6.45) is 3.03. The number of ether oxygens (including phenoxy) is 2. The second-order valence-electron chi connectivity index (χ2n) is 4.43. The molecule has 8 heteroatoms. The van der Waals surface area contributed by atoms with Crippen molar-refractivity contribution in [2.75, 3.05) is 13.2 Å². The monoisotopic (exact) mass is 306 g/mol. The van der Waals surface area contributed by atoms with Gasteiger partial charge >= 0.3 is 0 Å². The maximum Gasteiger partial charge on any atom is 0.174 e. The lowest BCUT2D eigenvalue weighted by atomic mass is 10.2. The Morgan fingerprint density at radius 2 is 1.74 bits per heavy atom. The highest BCUT2D eigenvalue weighted by Gasteiger charge is 2.10. The zero-order valence-electron chi connectivity index (χ0n) is 11.9. The van der Waals surface area contributed by atoms with Crippen LogP contribution in [0.3, 0.4) is 0 Å². The Morgan fingerprint density at radius 3 is 2.35 bits per heavy atom. The highest BCUT2D eigenvalue weighted by atomic mass is 16.5. The van der Waals surface area contributed by atoms with Gasteiger partial charge in [-0.2, -0.15) is 10.5 Å². The minimum atomic E-state index is -0.0905. The number of aromatic amines is 1. The Morgan fingerprint density at radius 1 is 1.04 bits per heavy atom. The molecular weight excluding hydrogens is 296 g/mol. The van der Waals surface area contributed by atoms with Crippen LogP contribution >= 0.6 is 0 Å². The predicted octanol–water partition coefficient (Wildman–Crippen LogP) is 1.82. The first-order valence-electron chi connectivity index (χ1n) is 6.61. The first-order chi connectivity index (χ1) is 11.3. The van der Waals surface area contributed by atoms with Crippen molar-refractivity contribution >= 4 is 11.2 Å². The molecule has 2 heterocycles. The molecule has 0 saturated carbocycles. The second-order valence-corrected chi connectivity index (χ2v) is 4.43. The van der Waals surface area contributed by atoms with E-state index in [1.54, 1.807) is 24.4 Å². The fraction of sp³-hybridized carbons (Fsp3) is 0.133. The van der Waals surface area contributed by atoms with Gasteiger partial charge in [-0.25, -0.2) is 15.0 Å². The van der Waals surface area contributed by atoms with E-state index in [9.17, 15) is 0 Å².